The molecule has 3 heterocycles. The first-order chi connectivity index (χ1) is 11.7. The van der Waals surface area contributed by atoms with Crippen molar-refractivity contribution < 1.29 is 9.90 Å². The fourth-order valence-corrected chi connectivity index (χ4v) is 3.35. The molecule has 1 fully saturated rings. The van der Waals surface area contributed by atoms with Gasteiger partial charge in [0.2, 0.25) is 5.78 Å². The first-order valence-electron chi connectivity index (χ1n) is 7.93. The summed E-state index contributed by atoms with van der Waals surface area (Å²) in [7, 11) is 0. The molecule has 3 aromatic rings. The number of aliphatic hydroxyl groups is 1. The van der Waals surface area contributed by atoms with Crippen LogP contribution >= 0.6 is 0 Å². The van der Waals surface area contributed by atoms with E-state index in [1.165, 1.54) is 6.20 Å². The lowest BCUT2D eigenvalue weighted by Gasteiger charge is -2.16. The summed E-state index contributed by atoms with van der Waals surface area (Å²) >= 11 is 0. The van der Waals surface area contributed by atoms with Gasteiger partial charge in [0.15, 0.2) is 0 Å². The highest BCUT2D eigenvalue weighted by molar-refractivity contribution is 5.93. The van der Waals surface area contributed by atoms with Gasteiger partial charge in [-0.2, -0.15) is 0 Å². The zero-order valence-electron chi connectivity index (χ0n) is 13.0. The maximum Gasteiger partial charge on any atom is 0.270 e. The Morgan fingerprint density at radius 3 is 3.04 bits per heavy atom. The van der Waals surface area contributed by atoms with E-state index in [9.17, 15) is 9.90 Å². The van der Waals surface area contributed by atoms with Gasteiger partial charge in [-0.25, -0.2) is 15.0 Å². The van der Waals surface area contributed by atoms with Crippen molar-refractivity contribution in [3.8, 4) is 0 Å². The quantitative estimate of drug-likeness (QED) is 0.727. The van der Waals surface area contributed by atoms with Crippen molar-refractivity contribution in [1.29, 1.82) is 0 Å². The first-order valence-corrected chi connectivity index (χ1v) is 7.93. The average Bonchev–Trinajstić information content (AvgIpc) is 3.29. The van der Waals surface area contributed by atoms with Crippen molar-refractivity contribution in [2.45, 2.75) is 31.5 Å². The minimum Gasteiger partial charge on any atom is -0.391 e. The topological polar surface area (TPSA) is 97.3 Å². The number of carbonyl (C=O) groups excluding carboxylic acids is 1. The molecule has 0 aromatic carbocycles. The Hall–Kier alpha value is -2.74. The lowest BCUT2D eigenvalue weighted by Crippen LogP contribution is -2.40. The van der Waals surface area contributed by atoms with Crippen molar-refractivity contribution in [3.05, 3.63) is 49.1 Å². The van der Waals surface area contributed by atoms with Crippen LogP contribution < -0.4 is 5.32 Å². The number of nitrogens with zero attached hydrogens (tertiary/aromatic N) is 5. The summed E-state index contributed by atoms with van der Waals surface area (Å²) in [5.41, 5.74) is 0.420. The maximum atomic E-state index is 12.5. The molecule has 0 saturated heterocycles. The fourth-order valence-electron chi connectivity index (χ4n) is 3.35. The summed E-state index contributed by atoms with van der Waals surface area (Å²) in [6.07, 6.45) is 11.2. The van der Waals surface area contributed by atoms with Crippen LogP contribution in [0.4, 0.5) is 0 Å². The summed E-state index contributed by atoms with van der Waals surface area (Å²) in [4.78, 5) is 24.8. The number of carbonyl (C=O) groups is 1. The van der Waals surface area contributed by atoms with Gasteiger partial charge in [0.05, 0.1) is 24.7 Å². The van der Waals surface area contributed by atoms with Crippen molar-refractivity contribution in [3.63, 3.8) is 0 Å². The van der Waals surface area contributed by atoms with E-state index < -0.39 is 6.10 Å². The minimum absolute atomic E-state index is 0.247. The van der Waals surface area contributed by atoms with Gasteiger partial charge in [0, 0.05) is 31.3 Å². The second kappa shape index (κ2) is 6.04. The van der Waals surface area contributed by atoms with Crippen molar-refractivity contribution in [2.75, 3.05) is 0 Å². The number of imidazole rings is 2. The van der Waals surface area contributed by atoms with Crippen LogP contribution in [-0.2, 0) is 6.54 Å². The average molecular weight is 326 g/mol. The number of fused-ring (bicyclic) bond motifs is 1. The predicted octanol–water partition coefficient (Wildman–Crippen LogP) is 0.495. The van der Waals surface area contributed by atoms with Crippen molar-refractivity contribution >= 4 is 11.7 Å². The number of nitrogens with one attached hydrogen (secondary N) is 1. The summed E-state index contributed by atoms with van der Waals surface area (Å²) in [6, 6.07) is 1.49. The van der Waals surface area contributed by atoms with Crippen LogP contribution in [0, 0.1) is 5.92 Å². The lowest BCUT2D eigenvalue weighted by atomic mass is 10.1. The van der Waals surface area contributed by atoms with Crippen LogP contribution in [0.25, 0.3) is 5.78 Å². The second-order valence-electron chi connectivity index (χ2n) is 6.18. The van der Waals surface area contributed by atoms with E-state index in [1.54, 1.807) is 35.4 Å². The van der Waals surface area contributed by atoms with E-state index in [4.69, 9.17) is 0 Å². The Bertz CT molecular complexity index is 843. The van der Waals surface area contributed by atoms with Crippen molar-refractivity contribution in [2.24, 2.45) is 5.92 Å². The zero-order chi connectivity index (χ0) is 16.5. The number of amides is 1. The van der Waals surface area contributed by atoms with E-state index in [-0.39, 0.29) is 11.9 Å². The molecule has 4 rings (SSSR count). The molecular formula is C16H18N6O2. The molecule has 0 aliphatic heterocycles. The molecule has 1 unspecified atom stereocenters. The zero-order valence-corrected chi connectivity index (χ0v) is 13.0. The Morgan fingerprint density at radius 1 is 1.29 bits per heavy atom. The van der Waals surface area contributed by atoms with Crippen LogP contribution in [0.1, 0.15) is 23.3 Å². The van der Waals surface area contributed by atoms with Gasteiger partial charge in [-0.3, -0.25) is 9.20 Å². The monoisotopic (exact) mass is 326 g/mol. The first kappa shape index (κ1) is 14.8. The molecule has 0 radical (unpaired) electrons. The predicted molar refractivity (Wildman–Crippen MR) is 85.2 cm³/mol. The van der Waals surface area contributed by atoms with Crippen LogP contribution in [0.5, 0.6) is 0 Å². The second-order valence-corrected chi connectivity index (χ2v) is 6.18. The van der Waals surface area contributed by atoms with Gasteiger partial charge < -0.3 is 15.0 Å². The normalized spacial score (nSPS) is 23.6. The molecule has 24 heavy (non-hydrogen) atoms. The minimum atomic E-state index is -0.542. The molecular weight excluding hydrogens is 308 g/mol. The molecule has 3 atom stereocenters. The summed E-state index contributed by atoms with van der Waals surface area (Å²) in [5.74, 6) is 0.541. The molecule has 2 N–H and O–H groups in total. The van der Waals surface area contributed by atoms with E-state index in [0.717, 1.165) is 13.0 Å². The van der Waals surface area contributed by atoms with Gasteiger partial charge in [0.25, 0.3) is 5.91 Å². The molecule has 8 nitrogen and oxygen atoms in total. The SMILES string of the molecule is O=C(N[C@@H]1CC(Cn2ccnc2)C[C@H]1O)c1cnc2ncccn12. The van der Waals surface area contributed by atoms with Crippen LogP contribution in [0.15, 0.2) is 43.4 Å². The maximum absolute atomic E-state index is 12.5. The number of hydrogen-bond donors (Lipinski definition) is 2. The van der Waals surface area contributed by atoms with Crippen LogP contribution in [-0.4, -0.2) is 47.1 Å². The van der Waals surface area contributed by atoms with E-state index in [0.29, 0.717) is 23.8 Å². The molecule has 8 heteroatoms. The Morgan fingerprint density at radius 2 is 2.21 bits per heavy atom. The smallest absolute Gasteiger partial charge is 0.270 e. The lowest BCUT2D eigenvalue weighted by molar-refractivity contribution is 0.0867. The summed E-state index contributed by atoms with van der Waals surface area (Å²) in [5, 5.41) is 13.2. The summed E-state index contributed by atoms with van der Waals surface area (Å²) < 4.78 is 3.64. The Labute approximate surface area is 138 Å². The van der Waals surface area contributed by atoms with Crippen molar-refractivity contribution in [1.82, 2.24) is 29.2 Å². The molecule has 0 spiro atoms. The number of hydrogen-bond acceptors (Lipinski definition) is 5. The molecule has 1 aliphatic carbocycles. The highest BCUT2D eigenvalue weighted by Gasteiger charge is 2.34. The van der Waals surface area contributed by atoms with Gasteiger partial charge in [-0.05, 0) is 24.8 Å². The molecule has 1 saturated carbocycles. The third kappa shape index (κ3) is 2.76. The van der Waals surface area contributed by atoms with Gasteiger partial charge in [-0.15, -0.1) is 0 Å². The third-order valence-electron chi connectivity index (χ3n) is 4.49. The molecule has 0 bridgehead atoms. The van der Waals surface area contributed by atoms with E-state index in [1.807, 2.05) is 10.8 Å². The molecule has 3 aromatic heterocycles. The van der Waals surface area contributed by atoms with Gasteiger partial charge >= 0.3 is 0 Å². The third-order valence-corrected chi connectivity index (χ3v) is 4.49. The van der Waals surface area contributed by atoms with E-state index in [2.05, 4.69) is 20.3 Å². The molecule has 124 valence electrons. The summed E-state index contributed by atoms with van der Waals surface area (Å²) in [6.45, 7) is 0.795. The molecule has 1 aliphatic rings. The standard InChI is InChI=1S/C16H18N6O2/c23-14-7-11(9-21-5-3-17-10-21)6-12(14)20-15(24)13-8-19-16-18-2-1-4-22(13)16/h1-5,8,10-12,14,23H,6-7,9H2,(H,20,24)/t11?,12-,14-/m1/s1. The fraction of sp³-hybridized carbons (Fsp3) is 0.375. The number of aliphatic hydroxyl groups excluding tert-OH is 1. The Kier molecular flexibility index (Phi) is 3.73. The highest BCUT2D eigenvalue weighted by Crippen LogP contribution is 2.27. The largest absolute Gasteiger partial charge is 0.391 e. The highest BCUT2D eigenvalue weighted by atomic mass is 16.3. The van der Waals surface area contributed by atoms with E-state index >= 15 is 0 Å². The van der Waals surface area contributed by atoms with Crippen LogP contribution in [0.2, 0.25) is 0 Å². The number of rotatable bonds is 4. The molecule has 1 amide bonds. The number of aromatic nitrogens is 5. The Balaban J connectivity index is 1.44. The van der Waals surface area contributed by atoms with Crippen LogP contribution in [0.3, 0.4) is 0 Å². The van der Waals surface area contributed by atoms with Gasteiger partial charge in [-0.1, -0.05) is 0 Å². The van der Waals surface area contributed by atoms with Gasteiger partial charge in [0.1, 0.15) is 5.69 Å².